The highest BCUT2D eigenvalue weighted by atomic mass is 32.2. The number of carbonyl (C=O) groups is 1. The number of carbonyl (C=O) groups excluding carboxylic acids is 1. The van der Waals surface area contributed by atoms with E-state index in [1.165, 1.54) is 0 Å². The number of thioether (sulfide) groups is 1. The highest BCUT2D eigenvalue weighted by molar-refractivity contribution is 7.99. The Morgan fingerprint density at radius 2 is 2.29 bits per heavy atom. The zero-order chi connectivity index (χ0) is 11.7. The normalized spacial score (nSPS) is 24.5. The van der Waals surface area contributed by atoms with E-state index < -0.39 is 0 Å². The molecule has 2 aliphatic heterocycles. The summed E-state index contributed by atoms with van der Waals surface area (Å²) in [6.45, 7) is 2.57. The van der Waals surface area contributed by atoms with Gasteiger partial charge in [0.2, 0.25) is 5.91 Å². The first kappa shape index (κ1) is 11.1. The van der Waals surface area contributed by atoms with Crippen molar-refractivity contribution >= 4 is 17.7 Å². The molecule has 92 valence electrons. The third-order valence-corrected chi connectivity index (χ3v) is 4.26. The molecule has 5 nitrogen and oxygen atoms in total. The lowest BCUT2D eigenvalue weighted by molar-refractivity contribution is -0.133. The van der Waals surface area contributed by atoms with E-state index in [2.05, 4.69) is 15.3 Å². The monoisotopic (exact) mass is 252 g/mol. The van der Waals surface area contributed by atoms with Gasteiger partial charge in [0.1, 0.15) is 6.04 Å². The molecule has 1 saturated heterocycles. The van der Waals surface area contributed by atoms with Crippen LogP contribution in [0, 0.1) is 0 Å². The minimum atomic E-state index is -0.243. The van der Waals surface area contributed by atoms with Gasteiger partial charge in [-0.25, -0.2) is 4.98 Å². The van der Waals surface area contributed by atoms with Gasteiger partial charge in [0.25, 0.3) is 0 Å². The SMILES string of the molecule is O=C(C1NCCc2[nH]cnc21)N1CCSCC1. The molecule has 1 aromatic rings. The fourth-order valence-corrected chi connectivity index (χ4v) is 3.29. The minimum Gasteiger partial charge on any atom is -0.348 e. The molecule has 0 radical (unpaired) electrons. The van der Waals surface area contributed by atoms with Gasteiger partial charge in [-0.2, -0.15) is 11.8 Å². The quantitative estimate of drug-likeness (QED) is 0.748. The van der Waals surface area contributed by atoms with Crippen LogP contribution in [-0.2, 0) is 11.2 Å². The predicted octanol–water partition coefficient (Wildman–Crippen LogP) is 0.172. The number of aromatic nitrogens is 2. The molecule has 0 spiro atoms. The number of fused-ring (bicyclic) bond motifs is 1. The van der Waals surface area contributed by atoms with Crippen LogP contribution in [0.5, 0.6) is 0 Å². The van der Waals surface area contributed by atoms with Crippen LogP contribution in [0.1, 0.15) is 17.4 Å². The van der Waals surface area contributed by atoms with Crippen molar-refractivity contribution in [1.29, 1.82) is 0 Å². The molecule has 6 heteroatoms. The topological polar surface area (TPSA) is 61.0 Å². The van der Waals surface area contributed by atoms with Crippen molar-refractivity contribution in [3.8, 4) is 0 Å². The van der Waals surface area contributed by atoms with Gasteiger partial charge in [0, 0.05) is 43.3 Å². The van der Waals surface area contributed by atoms with E-state index in [4.69, 9.17) is 0 Å². The molecule has 0 saturated carbocycles. The van der Waals surface area contributed by atoms with E-state index in [9.17, 15) is 4.79 Å². The average molecular weight is 252 g/mol. The third-order valence-electron chi connectivity index (χ3n) is 3.32. The zero-order valence-corrected chi connectivity index (χ0v) is 10.4. The minimum absolute atomic E-state index is 0.179. The number of nitrogens with zero attached hydrogens (tertiary/aromatic N) is 2. The number of hydrogen-bond donors (Lipinski definition) is 2. The Labute approximate surface area is 104 Å². The van der Waals surface area contributed by atoms with Crippen molar-refractivity contribution in [1.82, 2.24) is 20.2 Å². The van der Waals surface area contributed by atoms with E-state index >= 15 is 0 Å². The average Bonchev–Trinajstić information content (AvgIpc) is 2.87. The molecule has 1 unspecified atom stereocenters. The predicted molar refractivity (Wildman–Crippen MR) is 66.9 cm³/mol. The van der Waals surface area contributed by atoms with Crippen molar-refractivity contribution in [2.24, 2.45) is 0 Å². The first-order valence-electron chi connectivity index (χ1n) is 5.98. The van der Waals surface area contributed by atoms with Gasteiger partial charge in [-0.05, 0) is 0 Å². The Kier molecular flexibility index (Phi) is 3.07. The summed E-state index contributed by atoms with van der Waals surface area (Å²) in [5, 5.41) is 3.28. The Morgan fingerprint density at radius 1 is 1.47 bits per heavy atom. The Bertz CT molecular complexity index is 413. The van der Waals surface area contributed by atoms with Gasteiger partial charge >= 0.3 is 0 Å². The molecule has 17 heavy (non-hydrogen) atoms. The van der Waals surface area contributed by atoms with Crippen LogP contribution < -0.4 is 5.32 Å². The summed E-state index contributed by atoms with van der Waals surface area (Å²) >= 11 is 1.91. The Morgan fingerprint density at radius 3 is 3.12 bits per heavy atom. The van der Waals surface area contributed by atoms with Crippen molar-refractivity contribution in [3.05, 3.63) is 17.7 Å². The molecule has 1 fully saturated rings. The van der Waals surface area contributed by atoms with E-state index in [-0.39, 0.29) is 11.9 Å². The molecule has 1 atom stereocenters. The van der Waals surface area contributed by atoms with Crippen LogP contribution in [0.25, 0.3) is 0 Å². The number of H-pyrrole nitrogens is 1. The first-order valence-corrected chi connectivity index (χ1v) is 7.14. The number of nitrogens with one attached hydrogen (secondary N) is 2. The number of hydrogen-bond acceptors (Lipinski definition) is 4. The standard InChI is InChI=1S/C11H16N4OS/c16-11(15-3-5-17-6-4-15)10-9-8(1-2-12-10)13-7-14-9/h7,10,12H,1-6H2,(H,13,14). The fourth-order valence-electron chi connectivity index (χ4n) is 2.39. The number of imidazole rings is 1. The second kappa shape index (κ2) is 4.70. The maximum Gasteiger partial charge on any atom is 0.246 e. The van der Waals surface area contributed by atoms with E-state index in [1.807, 2.05) is 16.7 Å². The molecule has 3 rings (SSSR count). The van der Waals surface area contributed by atoms with Gasteiger partial charge in [-0.3, -0.25) is 4.79 Å². The van der Waals surface area contributed by atoms with E-state index in [0.29, 0.717) is 0 Å². The molecular formula is C11H16N4OS. The fraction of sp³-hybridized carbons (Fsp3) is 0.636. The van der Waals surface area contributed by atoms with E-state index in [1.54, 1.807) is 6.33 Å². The molecule has 2 aliphatic rings. The van der Waals surface area contributed by atoms with Gasteiger partial charge in [0.15, 0.2) is 0 Å². The lowest BCUT2D eigenvalue weighted by Gasteiger charge is -2.31. The maximum absolute atomic E-state index is 12.4. The highest BCUT2D eigenvalue weighted by Crippen LogP contribution is 2.22. The largest absolute Gasteiger partial charge is 0.348 e. The van der Waals surface area contributed by atoms with Crippen LogP contribution in [0.4, 0.5) is 0 Å². The Hall–Kier alpha value is -1.01. The van der Waals surface area contributed by atoms with Crippen LogP contribution in [0.15, 0.2) is 6.33 Å². The number of aromatic amines is 1. The third kappa shape index (κ3) is 2.07. The summed E-state index contributed by atoms with van der Waals surface area (Å²) in [6, 6.07) is -0.243. The smallest absolute Gasteiger partial charge is 0.246 e. The second-order valence-electron chi connectivity index (χ2n) is 4.34. The summed E-state index contributed by atoms with van der Waals surface area (Å²) < 4.78 is 0. The van der Waals surface area contributed by atoms with Crippen molar-refractivity contribution < 1.29 is 4.79 Å². The van der Waals surface area contributed by atoms with Crippen molar-refractivity contribution in [3.63, 3.8) is 0 Å². The maximum atomic E-state index is 12.4. The van der Waals surface area contributed by atoms with Gasteiger partial charge < -0.3 is 15.2 Å². The summed E-state index contributed by atoms with van der Waals surface area (Å²) in [4.78, 5) is 21.8. The van der Waals surface area contributed by atoms with Crippen molar-refractivity contribution in [2.45, 2.75) is 12.5 Å². The van der Waals surface area contributed by atoms with Crippen molar-refractivity contribution in [2.75, 3.05) is 31.1 Å². The van der Waals surface area contributed by atoms with Crippen LogP contribution >= 0.6 is 11.8 Å². The van der Waals surface area contributed by atoms with Gasteiger partial charge in [-0.15, -0.1) is 0 Å². The molecule has 1 aromatic heterocycles. The van der Waals surface area contributed by atoms with E-state index in [0.717, 1.165) is 48.9 Å². The molecular weight excluding hydrogens is 236 g/mol. The van der Waals surface area contributed by atoms with Gasteiger partial charge in [0.05, 0.1) is 12.0 Å². The lowest BCUT2D eigenvalue weighted by Crippen LogP contribution is -2.46. The summed E-state index contributed by atoms with van der Waals surface area (Å²) in [6.07, 6.45) is 2.61. The summed E-state index contributed by atoms with van der Waals surface area (Å²) in [7, 11) is 0. The summed E-state index contributed by atoms with van der Waals surface area (Å²) in [5.74, 6) is 2.27. The van der Waals surface area contributed by atoms with Crippen LogP contribution in [0.2, 0.25) is 0 Å². The molecule has 0 bridgehead atoms. The lowest BCUT2D eigenvalue weighted by atomic mass is 10.0. The van der Waals surface area contributed by atoms with Gasteiger partial charge in [-0.1, -0.05) is 0 Å². The second-order valence-corrected chi connectivity index (χ2v) is 5.57. The highest BCUT2D eigenvalue weighted by Gasteiger charge is 2.32. The Balaban J connectivity index is 1.79. The molecule has 1 amide bonds. The zero-order valence-electron chi connectivity index (χ0n) is 9.61. The molecule has 0 aliphatic carbocycles. The molecule has 3 heterocycles. The van der Waals surface area contributed by atoms with Crippen LogP contribution in [-0.4, -0.2) is 51.9 Å². The summed E-state index contributed by atoms with van der Waals surface area (Å²) in [5.41, 5.74) is 1.99. The van der Waals surface area contributed by atoms with Crippen LogP contribution in [0.3, 0.4) is 0 Å². The first-order chi connectivity index (χ1) is 8.36. The molecule has 0 aromatic carbocycles. The number of amides is 1. The molecule has 2 N–H and O–H groups in total. The number of rotatable bonds is 1.